The fourth-order valence-electron chi connectivity index (χ4n) is 11.1. The number of carbonyl (C=O) groups excluding carboxylic acids is 3. The summed E-state index contributed by atoms with van der Waals surface area (Å²) < 4.78 is 132. The molecule has 0 fully saturated rings. The van der Waals surface area contributed by atoms with Gasteiger partial charge in [-0.25, -0.2) is 53.7 Å². The molecule has 5 aromatic heterocycles. The van der Waals surface area contributed by atoms with Crippen molar-refractivity contribution < 1.29 is 62.4 Å². The molecule has 5 heterocycles. The highest BCUT2D eigenvalue weighted by Gasteiger charge is 2.32. The van der Waals surface area contributed by atoms with Gasteiger partial charge >= 0.3 is 6.09 Å². The van der Waals surface area contributed by atoms with E-state index in [2.05, 4.69) is 20.6 Å². The number of hydrogen-bond donors (Lipinski definition) is 2. The maximum absolute atomic E-state index is 15.1. The summed E-state index contributed by atoms with van der Waals surface area (Å²) in [6, 6.07) is 26.9. The van der Waals surface area contributed by atoms with Gasteiger partial charge in [-0.15, -0.1) is 0 Å². The predicted octanol–water partition coefficient (Wildman–Crippen LogP) is 11.3. The van der Waals surface area contributed by atoms with Crippen molar-refractivity contribution in [2.24, 2.45) is 14.1 Å². The van der Waals surface area contributed by atoms with Gasteiger partial charge in [0.2, 0.25) is 20.0 Å². The topological polar surface area (TPSA) is 260 Å². The molecule has 2 N–H and O–H groups in total. The SMILES string of the molecule is CNC(=O)c1c(-c2ccc(F)cc2)oc2cc(N(C)S(C)(=O)=O)c(-c3cn(C)c(=O)c(-c4cc5c(F)cccc5n4C(=O)OC(C)(C)C)n3)cc12.CNC(=O)c1c(-c2ccc(F)cc2)oc2cc(N(C)S(C)(=O)=O)c(-c3cn(C)c(=O)c(C4=Cc5c(F)cccc5C4)n3)cc12. The number of furan rings is 2. The monoisotopic (exact) mass is 1330 g/mol. The van der Waals surface area contributed by atoms with Crippen LogP contribution in [0.25, 0.3) is 101 Å². The van der Waals surface area contributed by atoms with Crippen molar-refractivity contribution in [3.63, 3.8) is 0 Å². The lowest BCUT2D eigenvalue weighted by Gasteiger charge is -2.22. The Labute approximate surface area is 540 Å². The van der Waals surface area contributed by atoms with E-state index in [-0.39, 0.29) is 102 Å². The number of ether oxygens (including phenoxy) is 1. The van der Waals surface area contributed by atoms with Crippen LogP contribution in [0.2, 0.25) is 0 Å². The molecule has 1 aliphatic rings. The van der Waals surface area contributed by atoms with Gasteiger partial charge in [-0.05, 0) is 123 Å². The average Bonchev–Trinajstić information content (AvgIpc) is 1.67. The fraction of sp³-hybridized carbons (Fsp3) is 0.191. The number of benzene rings is 6. The van der Waals surface area contributed by atoms with Crippen molar-refractivity contribution in [2.75, 3.05) is 49.3 Å². The van der Waals surface area contributed by atoms with Crippen LogP contribution in [0.5, 0.6) is 0 Å². The minimum absolute atomic E-state index is 0.0356. The summed E-state index contributed by atoms with van der Waals surface area (Å²) in [5.41, 5.74) is 1.87. The number of aryl methyl sites for hydroxylation is 2. The van der Waals surface area contributed by atoms with Crippen LogP contribution in [0.1, 0.15) is 58.3 Å². The fourth-order valence-corrected chi connectivity index (χ4v) is 12.1. The lowest BCUT2D eigenvalue weighted by Crippen LogP contribution is -2.29. The molecule has 0 unspecified atom stereocenters. The van der Waals surface area contributed by atoms with Crippen LogP contribution in [0, 0.1) is 23.3 Å². The Kier molecular flexibility index (Phi) is 16.9. The molecule has 6 aromatic carbocycles. The van der Waals surface area contributed by atoms with Gasteiger partial charge in [-0.2, -0.15) is 0 Å². The number of nitrogens with one attached hydrogen (secondary N) is 2. The van der Waals surface area contributed by atoms with Gasteiger partial charge in [0.15, 0.2) is 5.69 Å². The number of allylic oxidation sites excluding steroid dienone is 1. The summed E-state index contributed by atoms with van der Waals surface area (Å²) in [5, 5.41) is 5.82. The molecule has 488 valence electrons. The van der Waals surface area contributed by atoms with Crippen molar-refractivity contribution >= 4 is 93.8 Å². The summed E-state index contributed by atoms with van der Waals surface area (Å²) in [6.07, 6.45) is 5.88. The first-order valence-corrected chi connectivity index (χ1v) is 32.7. The van der Waals surface area contributed by atoms with Gasteiger partial charge in [-0.1, -0.05) is 18.2 Å². The zero-order chi connectivity index (χ0) is 68.7. The summed E-state index contributed by atoms with van der Waals surface area (Å²) in [5.74, 6) is -2.78. The quantitative estimate of drug-likeness (QED) is 0.108. The van der Waals surface area contributed by atoms with Gasteiger partial charge in [0.25, 0.3) is 22.9 Å². The van der Waals surface area contributed by atoms with Gasteiger partial charge in [-0.3, -0.25) is 27.8 Å². The summed E-state index contributed by atoms with van der Waals surface area (Å²) >= 11 is 0. The Morgan fingerprint density at radius 1 is 0.611 bits per heavy atom. The number of anilines is 2. The Bertz CT molecular complexity index is 5440. The number of halogens is 4. The lowest BCUT2D eigenvalue weighted by molar-refractivity contribution is 0.0546. The first kappa shape index (κ1) is 65.6. The minimum Gasteiger partial charge on any atom is -0.455 e. The zero-order valence-electron chi connectivity index (χ0n) is 52.8. The van der Waals surface area contributed by atoms with Crippen LogP contribution >= 0.6 is 0 Å². The third-order valence-corrected chi connectivity index (χ3v) is 18.2. The second-order valence-electron chi connectivity index (χ2n) is 23.4. The number of aromatic nitrogens is 5. The summed E-state index contributed by atoms with van der Waals surface area (Å²) in [6.45, 7) is 4.99. The molecule has 1 aliphatic carbocycles. The standard InChI is InChI=1S/C36H33F2N5O7S.C32H26F2N4O5S/c1-36(2,3)50-35(46)43-26-10-8-9-24(38)21(26)16-28(43)31-34(45)41(5)18-25(40-31)22-15-23-29(17-27(22)42(6)51(7,47)48)49-32(30(23)33(44)39-4)19-11-13-20(37)14-12-19;1-35-31(39)28-23-14-22(25-16-37(2)32(40)29(36-25)19-12-18-6-5-7-24(34)21(18)13-19)26(38(3)44(4,41)42)15-27(23)43-30(28)17-8-10-20(33)11-9-17/h8-18H,1-7H3,(H,39,44);5-11,13-16H,12H2,1-4H3,(H,35,39). The Balaban J connectivity index is 0.000000195. The minimum atomic E-state index is -3.91. The summed E-state index contributed by atoms with van der Waals surface area (Å²) in [7, 11) is 0.841. The van der Waals surface area contributed by atoms with Crippen molar-refractivity contribution in [1.29, 1.82) is 0 Å². The third-order valence-electron chi connectivity index (χ3n) is 15.9. The van der Waals surface area contributed by atoms with Gasteiger partial charge in [0, 0.05) is 117 Å². The number of carbonyl (C=O) groups is 3. The first-order chi connectivity index (χ1) is 44.8. The molecule has 0 atom stereocenters. The number of nitrogens with zero attached hydrogens (tertiary/aromatic N) is 7. The van der Waals surface area contributed by atoms with Gasteiger partial charge in [0.05, 0.1) is 57.6 Å². The molecule has 0 bridgehead atoms. The molecular weight excluding hydrogens is 1270 g/mol. The van der Waals surface area contributed by atoms with Crippen LogP contribution in [-0.2, 0) is 45.3 Å². The molecule has 0 spiro atoms. The van der Waals surface area contributed by atoms with Crippen molar-refractivity contribution in [3.05, 3.63) is 200 Å². The van der Waals surface area contributed by atoms with Gasteiger partial charge in [0.1, 0.15) is 57.3 Å². The van der Waals surface area contributed by atoms with E-state index in [0.29, 0.717) is 33.2 Å². The molecule has 95 heavy (non-hydrogen) atoms. The van der Waals surface area contributed by atoms with Crippen molar-refractivity contribution in [2.45, 2.75) is 32.8 Å². The van der Waals surface area contributed by atoms with Crippen molar-refractivity contribution in [1.82, 2.24) is 34.3 Å². The van der Waals surface area contributed by atoms with E-state index >= 15 is 4.39 Å². The average molecular weight is 1330 g/mol. The predicted molar refractivity (Wildman–Crippen MR) is 354 cm³/mol. The number of amides is 2. The van der Waals surface area contributed by atoms with E-state index in [0.717, 1.165) is 31.3 Å². The highest BCUT2D eigenvalue weighted by atomic mass is 32.2. The first-order valence-electron chi connectivity index (χ1n) is 29.0. The van der Waals surface area contributed by atoms with Crippen LogP contribution in [-0.4, -0.2) is 105 Å². The van der Waals surface area contributed by atoms with E-state index in [1.807, 2.05) is 0 Å². The molecule has 0 saturated heterocycles. The van der Waals surface area contributed by atoms with Gasteiger partial charge < -0.3 is 33.3 Å². The van der Waals surface area contributed by atoms with Crippen molar-refractivity contribution in [3.8, 4) is 56.6 Å². The van der Waals surface area contributed by atoms with E-state index in [1.165, 1.54) is 154 Å². The maximum Gasteiger partial charge on any atom is 0.419 e. The number of sulfonamides is 2. The summed E-state index contributed by atoms with van der Waals surface area (Å²) in [4.78, 5) is 76.5. The van der Waals surface area contributed by atoms with E-state index in [4.69, 9.17) is 13.6 Å². The highest BCUT2D eigenvalue weighted by molar-refractivity contribution is 7.92. The lowest BCUT2D eigenvalue weighted by atomic mass is 10.0. The Hall–Kier alpha value is -10.9. The molecule has 0 saturated carbocycles. The normalized spacial score (nSPS) is 12.3. The van der Waals surface area contributed by atoms with Crippen LogP contribution in [0.4, 0.5) is 33.7 Å². The molecular formula is C68H59F4N9O12S2. The van der Waals surface area contributed by atoms with Crippen LogP contribution < -0.4 is 30.4 Å². The molecule has 11 aromatic rings. The van der Waals surface area contributed by atoms with E-state index in [9.17, 15) is 54.0 Å². The maximum atomic E-state index is 15.1. The zero-order valence-corrected chi connectivity index (χ0v) is 54.4. The number of rotatable bonds is 12. The largest absolute Gasteiger partial charge is 0.455 e. The molecule has 21 nitrogen and oxygen atoms in total. The number of fused-ring (bicyclic) bond motifs is 4. The Morgan fingerprint density at radius 2 is 1.06 bits per heavy atom. The van der Waals surface area contributed by atoms with Crippen LogP contribution in [0.3, 0.4) is 0 Å². The molecule has 2 amide bonds. The molecule has 12 rings (SSSR count). The third kappa shape index (κ3) is 12.4. The second kappa shape index (κ2) is 24.5. The highest BCUT2D eigenvalue weighted by Crippen LogP contribution is 2.44. The molecule has 0 aliphatic heterocycles. The Morgan fingerprint density at radius 3 is 1.52 bits per heavy atom. The van der Waals surface area contributed by atoms with E-state index < -0.39 is 77.9 Å². The van der Waals surface area contributed by atoms with Crippen LogP contribution in [0.15, 0.2) is 146 Å². The van der Waals surface area contributed by atoms with E-state index in [1.54, 1.807) is 52.1 Å². The number of hydrogen-bond acceptors (Lipinski definition) is 14. The second-order valence-corrected chi connectivity index (χ2v) is 27.5. The molecule has 27 heteroatoms. The smallest absolute Gasteiger partial charge is 0.419 e. The molecule has 0 radical (unpaired) electrons.